The molecule has 1 aromatic heterocycles. The maximum atomic E-state index is 11.5. The van der Waals surface area contributed by atoms with Gasteiger partial charge in [0.05, 0.1) is 10.3 Å². The maximum absolute atomic E-state index is 11.5. The Bertz CT molecular complexity index is 340. The molecule has 90 valence electrons. The molecule has 1 atom stereocenters. The van der Waals surface area contributed by atoms with Crippen LogP contribution >= 0.6 is 27.3 Å². The monoisotopic (exact) mass is 304 g/mol. The summed E-state index contributed by atoms with van der Waals surface area (Å²) in [6.45, 7) is 2.66. The van der Waals surface area contributed by atoms with Crippen LogP contribution in [-0.2, 0) is 11.3 Å². The second kappa shape index (κ2) is 7.04. The first-order valence-electron chi connectivity index (χ1n) is 5.38. The van der Waals surface area contributed by atoms with Gasteiger partial charge in [0.25, 0.3) is 0 Å². The lowest BCUT2D eigenvalue weighted by atomic mass is 10.1. The summed E-state index contributed by atoms with van der Waals surface area (Å²) in [4.78, 5) is 12.7. The molecule has 0 saturated carbocycles. The number of thiophene rings is 1. The molecule has 0 aliphatic rings. The van der Waals surface area contributed by atoms with Crippen LogP contribution in [0.2, 0.25) is 0 Å². The van der Waals surface area contributed by atoms with Gasteiger partial charge < -0.3 is 11.1 Å². The van der Waals surface area contributed by atoms with Crippen molar-refractivity contribution in [3.63, 3.8) is 0 Å². The molecule has 5 heteroatoms. The molecule has 1 unspecified atom stereocenters. The van der Waals surface area contributed by atoms with Crippen LogP contribution in [0.5, 0.6) is 0 Å². The zero-order valence-corrected chi connectivity index (χ0v) is 11.7. The number of halogens is 1. The summed E-state index contributed by atoms with van der Waals surface area (Å²) in [6, 6.07) is 3.97. The molecule has 0 radical (unpaired) electrons. The quantitative estimate of drug-likeness (QED) is 0.849. The van der Waals surface area contributed by atoms with Crippen molar-refractivity contribution in [3.8, 4) is 0 Å². The molecule has 0 aliphatic carbocycles. The van der Waals surface area contributed by atoms with Crippen LogP contribution in [-0.4, -0.2) is 11.9 Å². The van der Waals surface area contributed by atoms with Crippen LogP contribution in [0.25, 0.3) is 0 Å². The highest BCUT2D eigenvalue weighted by atomic mass is 79.9. The molecule has 0 bridgehead atoms. The molecule has 1 aromatic rings. The van der Waals surface area contributed by atoms with Crippen molar-refractivity contribution in [2.24, 2.45) is 5.73 Å². The topological polar surface area (TPSA) is 55.1 Å². The largest absolute Gasteiger partial charge is 0.351 e. The highest BCUT2D eigenvalue weighted by Gasteiger charge is 2.08. The van der Waals surface area contributed by atoms with Crippen molar-refractivity contribution in [2.45, 2.75) is 38.8 Å². The van der Waals surface area contributed by atoms with E-state index in [2.05, 4.69) is 28.2 Å². The molecule has 0 fully saturated rings. The molecule has 0 spiro atoms. The van der Waals surface area contributed by atoms with Gasteiger partial charge in [0.1, 0.15) is 0 Å². The van der Waals surface area contributed by atoms with Crippen molar-refractivity contribution in [2.75, 3.05) is 0 Å². The minimum Gasteiger partial charge on any atom is -0.351 e. The number of rotatable bonds is 6. The first-order chi connectivity index (χ1) is 7.61. The Morgan fingerprint density at radius 2 is 2.38 bits per heavy atom. The lowest BCUT2D eigenvalue weighted by Crippen LogP contribution is -2.31. The molecule has 0 aromatic carbocycles. The smallest absolute Gasteiger partial charge is 0.221 e. The highest BCUT2D eigenvalue weighted by molar-refractivity contribution is 9.11. The third-order valence-corrected chi connectivity index (χ3v) is 3.82. The molecule has 1 heterocycles. The van der Waals surface area contributed by atoms with E-state index in [9.17, 15) is 4.79 Å². The van der Waals surface area contributed by atoms with Gasteiger partial charge in [-0.15, -0.1) is 11.3 Å². The van der Waals surface area contributed by atoms with Crippen molar-refractivity contribution in [1.82, 2.24) is 5.32 Å². The highest BCUT2D eigenvalue weighted by Crippen LogP contribution is 2.21. The summed E-state index contributed by atoms with van der Waals surface area (Å²) in [7, 11) is 0. The van der Waals surface area contributed by atoms with Gasteiger partial charge in [-0.3, -0.25) is 4.79 Å². The standard InChI is InChI=1S/C11H17BrN2OS/c1-2-3-8(13)6-11(15)14-7-9-4-5-10(12)16-9/h4-5,8H,2-3,6-7,13H2,1H3,(H,14,15). The fraction of sp³-hybridized carbons (Fsp3) is 0.545. The molecule has 0 aliphatic heterocycles. The number of carbonyl (C=O) groups is 1. The zero-order chi connectivity index (χ0) is 12.0. The number of nitrogens with two attached hydrogens (primary N) is 1. The Balaban J connectivity index is 2.25. The Labute approximate surface area is 109 Å². The van der Waals surface area contributed by atoms with E-state index in [0.717, 1.165) is 21.5 Å². The van der Waals surface area contributed by atoms with Crippen LogP contribution < -0.4 is 11.1 Å². The third-order valence-electron chi connectivity index (χ3n) is 2.20. The SMILES string of the molecule is CCCC(N)CC(=O)NCc1ccc(Br)s1. The number of hydrogen-bond acceptors (Lipinski definition) is 3. The van der Waals surface area contributed by atoms with Crippen molar-refractivity contribution < 1.29 is 4.79 Å². The first-order valence-corrected chi connectivity index (χ1v) is 6.99. The first kappa shape index (κ1) is 13.7. The van der Waals surface area contributed by atoms with Crippen LogP contribution in [0.3, 0.4) is 0 Å². The lowest BCUT2D eigenvalue weighted by Gasteiger charge is -2.09. The number of amides is 1. The molecule has 16 heavy (non-hydrogen) atoms. The van der Waals surface area contributed by atoms with Gasteiger partial charge in [0.2, 0.25) is 5.91 Å². The van der Waals surface area contributed by atoms with Crippen LogP contribution in [0.1, 0.15) is 31.1 Å². The summed E-state index contributed by atoms with van der Waals surface area (Å²) >= 11 is 5.02. The van der Waals surface area contributed by atoms with E-state index in [1.54, 1.807) is 11.3 Å². The molecule has 1 rings (SSSR count). The molecule has 1 amide bonds. The molecule has 3 nitrogen and oxygen atoms in total. The summed E-state index contributed by atoms with van der Waals surface area (Å²) in [5.41, 5.74) is 5.79. The van der Waals surface area contributed by atoms with Crippen molar-refractivity contribution in [1.29, 1.82) is 0 Å². The Morgan fingerprint density at radius 1 is 1.62 bits per heavy atom. The zero-order valence-electron chi connectivity index (χ0n) is 9.33. The average molecular weight is 305 g/mol. The Morgan fingerprint density at radius 3 is 2.94 bits per heavy atom. The van der Waals surface area contributed by atoms with Gasteiger partial charge in [-0.25, -0.2) is 0 Å². The van der Waals surface area contributed by atoms with E-state index in [0.29, 0.717) is 13.0 Å². The van der Waals surface area contributed by atoms with Crippen LogP contribution in [0.15, 0.2) is 15.9 Å². The Kier molecular flexibility index (Phi) is 6.01. The van der Waals surface area contributed by atoms with Gasteiger partial charge >= 0.3 is 0 Å². The van der Waals surface area contributed by atoms with E-state index in [1.165, 1.54) is 0 Å². The third kappa shape index (κ3) is 5.09. The average Bonchev–Trinajstić information content (AvgIpc) is 2.61. The van der Waals surface area contributed by atoms with E-state index >= 15 is 0 Å². The van der Waals surface area contributed by atoms with E-state index in [1.807, 2.05) is 12.1 Å². The number of nitrogens with one attached hydrogen (secondary N) is 1. The summed E-state index contributed by atoms with van der Waals surface area (Å²) < 4.78 is 1.08. The van der Waals surface area contributed by atoms with Crippen LogP contribution in [0.4, 0.5) is 0 Å². The number of hydrogen-bond donors (Lipinski definition) is 2. The van der Waals surface area contributed by atoms with Crippen molar-refractivity contribution >= 4 is 33.2 Å². The molecular formula is C11H17BrN2OS. The molecule has 0 saturated heterocycles. The van der Waals surface area contributed by atoms with E-state index < -0.39 is 0 Å². The normalized spacial score (nSPS) is 12.4. The fourth-order valence-corrected chi connectivity index (χ4v) is 2.84. The second-order valence-electron chi connectivity index (χ2n) is 3.74. The maximum Gasteiger partial charge on any atom is 0.221 e. The number of carbonyl (C=O) groups excluding carboxylic acids is 1. The van der Waals surface area contributed by atoms with Gasteiger partial charge in [-0.05, 0) is 34.5 Å². The van der Waals surface area contributed by atoms with E-state index in [-0.39, 0.29) is 11.9 Å². The lowest BCUT2D eigenvalue weighted by molar-refractivity contribution is -0.121. The van der Waals surface area contributed by atoms with Crippen LogP contribution in [0, 0.1) is 0 Å². The predicted molar refractivity (Wildman–Crippen MR) is 71.4 cm³/mol. The fourth-order valence-electron chi connectivity index (χ4n) is 1.42. The van der Waals surface area contributed by atoms with Crippen molar-refractivity contribution in [3.05, 3.63) is 20.8 Å². The molecular weight excluding hydrogens is 288 g/mol. The summed E-state index contributed by atoms with van der Waals surface area (Å²) in [5.74, 6) is 0.0328. The summed E-state index contributed by atoms with van der Waals surface area (Å²) in [6.07, 6.45) is 2.34. The second-order valence-corrected chi connectivity index (χ2v) is 6.28. The Hall–Kier alpha value is -0.390. The van der Waals surface area contributed by atoms with Gasteiger partial charge in [-0.2, -0.15) is 0 Å². The minimum absolute atomic E-state index is 0.0138. The van der Waals surface area contributed by atoms with Gasteiger partial charge in [-0.1, -0.05) is 13.3 Å². The molecule has 3 N–H and O–H groups in total. The van der Waals surface area contributed by atoms with Gasteiger partial charge in [0, 0.05) is 17.3 Å². The summed E-state index contributed by atoms with van der Waals surface area (Å²) in [5, 5.41) is 2.87. The predicted octanol–water partition coefficient (Wildman–Crippen LogP) is 2.64. The van der Waals surface area contributed by atoms with Gasteiger partial charge in [0.15, 0.2) is 0 Å². The minimum atomic E-state index is -0.0138. The van der Waals surface area contributed by atoms with E-state index in [4.69, 9.17) is 5.73 Å².